The van der Waals surface area contributed by atoms with Crippen molar-refractivity contribution in [3.8, 4) is 17.6 Å². The maximum Gasteiger partial charge on any atom is 0.324 e. The van der Waals surface area contributed by atoms with Gasteiger partial charge in [0, 0.05) is 46.9 Å². The predicted molar refractivity (Wildman–Crippen MR) is 146 cm³/mol. The van der Waals surface area contributed by atoms with Crippen molar-refractivity contribution < 1.29 is 28.5 Å². The monoisotopic (exact) mass is 588 g/mol. The van der Waals surface area contributed by atoms with Crippen molar-refractivity contribution in [1.29, 1.82) is 5.26 Å². The zero-order valence-electron chi connectivity index (χ0n) is 21.5. The SMILES string of the molecule is COc1cc([C@H](c2c[nH]c3ccccc23)C2C(=O)OC(C)(C)OC2=O)c(Br)cc1OCc1ccccc1C#N. The topological polar surface area (TPSA) is 111 Å². The van der Waals surface area contributed by atoms with Gasteiger partial charge in [-0.3, -0.25) is 9.59 Å². The highest BCUT2D eigenvalue weighted by Gasteiger charge is 2.49. The summed E-state index contributed by atoms with van der Waals surface area (Å²) in [6, 6.07) is 20.5. The average Bonchev–Trinajstić information content (AvgIpc) is 3.33. The average molecular weight is 589 g/mol. The van der Waals surface area contributed by atoms with Gasteiger partial charge >= 0.3 is 11.9 Å². The number of aromatic nitrogens is 1. The molecule has 0 saturated carbocycles. The van der Waals surface area contributed by atoms with Crippen LogP contribution in [0.3, 0.4) is 0 Å². The zero-order chi connectivity index (χ0) is 27.7. The molecule has 1 atom stereocenters. The van der Waals surface area contributed by atoms with Crippen LogP contribution >= 0.6 is 15.9 Å². The third kappa shape index (κ3) is 5.08. The lowest BCUT2D eigenvalue weighted by Crippen LogP contribution is -2.48. The van der Waals surface area contributed by atoms with E-state index in [1.165, 1.54) is 21.0 Å². The molecular weight excluding hydrogens is 564 g/mol. The van der Waals surface area contributed by atoms with E-state index in [9.17, 15) is 14.9 Å². The summed E-state index contributed by atoms with van der Waals surface area (Å²) in [6.45, 7) is 3.19. The molecule has 2 heterocycles. The minimum Gasteiger partial charge on any atom is -0.493 e. The van der Waals surface area contributed by atoms with E-state index in [-0.39, 0.29) is 6.61 Å². The Hall–Kier alpha value is -4.29. The first-order valence-corrected chi connectivity index (χ1v) is 13.0. The fourth-order valence-corrected chi connectivity index (χ4v) is 5.42. The number of para-hydroxylation sites is 1. The lowest BCUT2D eigenvalue weighted by molar-refractivity contribution is -0.240. The Morgan fingerprint density at radius 1 is 1.03 bits per heavy atom. The highest BCUT2D eigenvalue weighted by atomic mass is 79.9. The molecule has 1 aliphatic heterocycles. The number of halogens is 1. The molecule has 9 heteroatoms. The van der Waals surface area contributed by atoms with E-state index in [0.29, 0.717) is 27.1 Å². The number of fused-ring (bicyclic) bond motifs is 1. The molecule has 1 aromatic heterocycles. The first-order valence-electron chi connectivity index (χ1n) is 12.2. The summed E-state index contributed by atoms with van der Waals surface area (Å²) in [5.41, 5.74) is 3.44. The lowest BCUT2D eigenvalue weighted by atomic mass is 9.79. The summed E-state index contributed by atoms with van der Waals surface area (Å²) < 4.78 is 23.3. The van der Waals surface area contributed by atoms with Crippen LogP contribution in [-0.2, 0) is 25.7 Å². The maximum atomic E-state index is 13.3. The van der Waals surface area contributed by atoms with Crippen LogP contribution in [0.5, 0.6) is 11.5 Å². The minimum atomic E-state index is -1.36. The van der Waals surface area contributed by atoms with Crippen LogP contribution in [0.1, 0.15) is 42.0 Å². The van der Waals surface area contributed by atoms with Gasteiger partial charge in [-0.25, -0.2) is 0 Å². The van der Waals surface area contributed by atoms with E-state index in [4.69, 9.17) is 18.9 Å². The van der Waals surface area contributed by atoms with Gasteiger partial charge in [-0.2, -0.15) is 5.26 Å². The van der Waals surface area contributed by atoms with Crippen LogP contribution in [0.4, 0.5) is 0 Å². The lowest BCUT2D eigenvalue weighted by Gasteiger charge is -2.36. The number of nitrogens with zero attached hydrogens (tertiary/aromatic N) is 1. The van der Waals surface area contributed by atoms with Crippen LogP contribution in [0.25, 0.3) is 10.9 Å². The Morgan fingerprint density at radius 3 is 2.44 bits per heavy atom. The molecule has 1 fully saturated rings. The summed E-state index contributed by atoms with van der Waals surface area (Å²) in [5.74, 6) is -3.92. The van der Waals surface area contributed by atoms with Gasteiger partial charge in [-0.15, -0.1) is 0 Å². The Balaban J connectivity index is 1.60. The zero-order valence-corrected chi connectivity index (χ0v) is 23.1. The van der Waals surface area contributed by atoms with E-state index < -0.39 is 29.6 Å². The molecule has 1 N–H and O–H groups in total. The maximum absolute atomic E-state index is 13.3. The molecule has 1 aliphatic rings. The smallest absolute Gasteiger partial charge is 0.324 e. The molecular formula is C30H25BrN2O6. The van der Waals surface area contributed by atoms with Gasteiger partial charge in [0.15, 0.2) is 17.4 Å². The standard InChI is InChI=1S/C30H25BrN2O6/c1-30(2)38-28(34)27(29(35)39-30)26(21-15-33-23-11-7-6-10-19(21)23)20-12-24(36-3)25(13-22(20)31)37-16-18-9-5-4-8-17(18)14-32/h4-13,15,26-27,33H,16H2,1-3H3/t26-/m1/s1. The summed E-state index contributed by atoms with van der Waals surface area (Å²) in [6.07, 6.45) is 1.79. The van der Waals surface area contributed by atoms with E-state index in [1.807, 2.05) is 36.4 Å². The van der Waals surface area contributed by atoms with E-state index in [0.717, 1.165) is 22.0 Å². The summed E-state index contributed by atoms with van der Waals surface area (Å²) in [5, 5.41) is 10.3. The number of ether oxygens (including phenoxy) is 4. The van der Waals surface area contributed by atoms with Crippen molar-refractivity contribution in [2.45, 2.75) is 32.2 Å². The molecule has 4 aromatic rings. The molecule has 198 valence electrons. The molecule has 0 spiro atoms. The second kappa shape index (κ2) is 10.5. The normalized spacial score (nSPS) is 15.8. The summed E-state index contributed by atoms with van der Waals surface area (Å²) >= 11 is 3.64. The first-order chi connectivity index (χ1) is 18.7. The molecule has 3 aromatic carbocycles. The second-order valence-corrected chi connectivity index (χ2v) is 10.4. The van der Waals surface area contributed by atoms with Crippen LogP contribution < -0.4 is 9.47 Å². The van der Waals surface area contributed by atoms with E-state index >= 15 is 0 Å². The van der Waals surface area contributed by atoms with Crippen molar-refractivity contribution in [3.05, 3.63) is 93.6 Å². The third-order valence-corrected chi connectivity index (χ3v) is 7.32. The van der Waals surface area contributed by atoms with Gasteiger partial charge in [0.2, 0.25) is 0 Å². The van der Waals surface area contributed by atoms with Crippen LogP contribution in [-0.4, -0.2) is 29.8 Å². The minimum absolute atomic E-state index is 0.147. The molecule has 5 rings (SSSR count). The number of rotatable bonds is 7. The van der Waals surface area contributed by atoms with Gasteiger partial charge in [0.1, 0.15) is 6.61 Å². The fraction of sp³-hybridized carbons (Fsp3) is 0.233. The van der Waals surface area contributed by atoms with E-state index in [2.05, 4.69) is 27.0 Å². The van der Waals surface area contributed by atoms with Gasteiger partial charge in [-0.1, -0.05) is 52.3 Å². The molecule has 1 saturated heterocycles. The Morgan fingerprint density at radius 2 is 1.72 bits per heavy atom. The number of carbonyl (C=O) groups is 2. The van der Waals surface area contributed by atoms with E-state index in [1.54, 1.807) is 30.5 Å². The van der Waals surface area contributed by atoms with Crippen LogP contribution in [0.2, 0.25) is 0 Å². The number of nitriles is 1. The van der Waals surface area contributed by atoms with Crippen molar-refractivity contribution in [2.75, 3.05) is 7.11 Å². The number of nitrogens with one attached hydrogen (secondary N) is 1. The number of carbonyl (C=O) groups excluding carboxylic acids is 2. The summed E-state index contributed by atoms with van der Waals surface area (Å²) in [7, 11) is 1.51. The molecule has 0 bridgehead atoms. The molecule has 39 heavy (non-hydrogen) atoms. The number of H-pyrrole nitrogens is 1. The number of hydrogen-bond donors (Lipinski definition) is 1. The number of esters is 2. The first kappa shape index (κ1) is 26.3. The molecule has 0 aliphatic carbocycles. The Kier molecular flexibility index (Phi) is 7.06. The van der Waals surface area contributed by atoms with Gasteiger partial charge in [0.05, 0.1) is 18.7 Å². The highest BCUT2D eigenvalue weighted by molar-refractivity contribution is 9.10. The molecule has 0 unspecified atom stereocenters. The third-order valence-electron chi connectivity index (χ3n) is 6.63. The van der Waals surface area contributed by atoms with Crippen molar-refractivity contribution in [2.24, 2.45) is 5.92 Å². The van der Waals surface area contributed by atoms with Crippen molar-refractivity contribution in [1.82, 2.24) is 4.98 Å². The fourth-order valence-electron chi connectivity index (χ4n) is 4.85. The second-order valence-electron chi connectivity index (χ2n) is 9.57. The number of aromatic amines is 1. The van der Waals surface area contributed by atoms with Crippen molar-refractivity contribution in [3.63, 3.8) is 0 Å². The quantitative estimate of drug-likeness (QED) is 0.209. The number of hydrogen-bond acceptors (Lipinski definition) is 7. The largest absolute Gasteiger partial charge is 0.493 e. The number of methoxy groups -OCH3 is 1. The van der Waals surface area contributed by atoms with Crippen LogP contribution in [0, 0.1) is 17.2 Å². The predicted octanol–water partition coefficient (Wildman–Crippen LogP) is 5.97. The van der Waals surface area contributed by atoms with Gasteiger partial charge in [0.25, 0.3) is 5.79 Å². The summed E-state index contributed by atoms with van der Waals surface area (Å²) in [4.78, 5) is 29.8. The Labute approximate surface area is 233 Å². The Bertz CT molecular complexity index is 1600. The highest BCUT2D eigenvalue weighted by Crippen LogP contribution is 2.46. The van der Waals surface area contributed by atoms with Gasteiger partial charge < -0.3 is 23.9 Å². The molecule has 8 nitrogen and oxygen atoms in total. The van der Waals surface area contributed by atoms with Crippen LogP contribution in [0.15, 0.2) is 71.3 Å². The number of cyclic esters (lactones) is 2. The molecule has 0 radical (unpaired) electrons. The van der Waals surface area contributed by atoms with Gasteiger partial charge in [-0.05, 0) is 35.4 Å². The molecule has 0 amide bonds. The van der Waals surface area contributed by atoms with Crippen molar-refractivity contribution >= 4 is 38.8 Å². The number of benzene rings is 3.